The zero-order valence-electron chi connectivity index (χ0n) is 5.07. The maximum Gasteiger partial charge on any atom is 0.534 e. The number of rotatable bonds is 2. The van der Waals surface area contributed by atoms with Crippen LogP contribution in [0.25, 0.3) is 0 Å². The Morgan fingerprint density at radius 2 is 1.80 bits per heavy atom. The van der Waals surface area contributed by atoms with Crippen LogP contribution in [-0.4, -0.2) is 11.9 Å². The average Bonchev–Trinajstić information content (AvgIpc) is 1.99. The molecule has 0 spiro atoms. The van der Waals surface area contributed by atoms with Crippen LogP contribution in [0.1, 0.15) is 0 Å². The van der Waals surface area contributed by atoms with Crippen molar-refractivity contribution in [1.82, 2.24) is 0 Å². The van der Waals surface area contributed by atoms with Gasteiger partial charge in [0, 0.05) is 6.08 Å². The second-order valence-electron chi connectivity index (χ2n) is 1.18. The minimum absolute atomic E-state index is 0.621. The van der Waals surface area contributed by atoms with Crippen LogP contribution in [0.4, 0.5) is 0 Å². The molecule has 10 heavy (non-hydrogen) atoms. The molecule has 0 fully saturated rings. The van der Waals surface area contributed by atoms with Crippen molar-refractivity contribution < 1.29 is 19.4 Å². The Bertz CT molecular complexity index is 151. The van der Waals surface area contributed by atoms with Crippen LogP contribution in [0.3, 0.4) is 0 Å². The summed E-state index contributed by atoms with van der Waals surface area (Å²) < 4.78 is 0. The molecule has 0 heterocycles. The van der Waals surface area contributed by atoms with Gasteiger partial charge >= 0.3 is 11.9 Å². The Balaban J connectivity index is 3.54. The first-order valence-corrected chi connectivity index (χ1v) is 2.30. The van der Waals surface area contributed by atoms with Gasteiger partial charge in [-0.15, -0.1) is 9.68 Å². The lowest BCUT2D eigenvalue weighted by atomic mass is 10.7. The van der Waals surface area contributed by atoms with E-state index in [1.54, 1.807) is 0 Å². The van der Waals surface area contributed by atoms with E-state index in [1.165, 1.54) is 0 Å². The fourth-order valence-electron chi connectivity index (χ4n) is 0.144. The Morgan fingerprint density at radius 3 is 2.20 bits per heavy atom. The zero-order chi connectivity index (χ0) is 7.98. The SMILES string of the molecule is [CH+]=CC(=O)OOC(=O)C=C. The Kier molecular flexibility index (Phi) is 3.53. The second kappa shape index (κ2) is 4.23. The van der Waals surface area contributed by atoms with Gasteiger partial charge in [-0.3, -0.25) is 0 Å². The van der Waals surface area contributed by atoms with E-state index in [0.29, 0.717) is 6.08 Å². The standard InChI is InChI=1S/C6H5O4/c1-3-5(7)9-10-6(8)4-2/h1,3-4H,2H2/q+1. The van der Waals surface area contributed by atoms with Crippen molar-refractivity contribution in [1.29, 1.82) is 0 Å². The summed E-state index contributed by atoms with van der Waals surface area (Å²) in [6.07, 6.45) is 1.47. The summed E-state index contributed by atoms with van der Waals surface area (Å²) in [6.45, 7) is 7.74. The van der Waals surface area contributed by atoms with E-state index in [4.69, 9.17) is 0 Å². The normalized spacial score (nSPS) is 7.50. The second-order valence-corrected chi connectivity index (χ2v) is 1.18. The highest BCUT2D eigenvalue weighted by atomic mass is 17.2. The molecule has 0 aromatic heterocycles. The minimum atomic E-state index is -0.935. The van der Waals surface area contributed by atoms with Crippen LogP contribution >= 0.6 is 0 Å². The van der Waals surface area contributed by atoms with Gasteiger partial charge in [0.1, 0.15) is 0 Å². The van der Waals surface area contributed by atoms with Crippen molar-refractivity contribution in [2.45, 2.75) is 0 Å². The lowest BCUT2D eigenvalue weighted by Gasteiger charge is -1.88. The third kappa shape index (κ3) is 3.35. The van der Waals surface area contributed by atoms with Gasteiger partial charge in [0.25, 0.3) is 0 Å². The van der Waals surface area contributed by atoms with E-state index in [2.05, 4.69) is 22.9 Å². The van der Waals surface area contributed by atoms with Gasteiger partial charge < -0.3 is 0 Å². The van der Waals surface area contributed by atoms with E-state index in [9.17, 15) is 9.59 Å². The summed E-state index contributed by atoms with van der Waals surface area (Å²) in [5, 5.41) is 0. The molecule has 0 unspecified atom stereocenters. The van der Waals surface area contributed by atoms with Crippen LogP contribution in [0.5, 0.6) is 0 Å². The van der Waals surface area contributed by atoms with E-state index in [1.807, 2.05) is 0 Å². The van der Waals surface area contributed by atoms with E-state index >= 15 is 0 Å². The van der Waals surface area contributed by atoms with Gasteiger partial charge in [-0.05, 0) is 0 Å². The third-order valence-electron chi connectivity index (χ3n) is 0.509. The summed E-state index contributed by atoms with van der Waals surface area (Å²) in [7, 11) is 0. The van der Waals surface area contributed by atoms with Gasteiger partial charge in [-0.25, -0.2) is 9.68 Å². The van der Waals surface area contributed by atoms with Crippen LogP contribution in [-0.2, 0) is 19.4 Å². The van der Waals surface area contributed by atoms with Crippen molar-refractivity contribution in [2.24, 2.45) is 0 Å². The fourth-order valence-corrected chi connectivity index (χ4v) is 0.144. The molecule has 0 aliphatic heterocycles. The van der Waals surface area contributed by atoms with E-state index in [0.717, 1.165) is 6.08 Å². The molecule has 0 aliphatic carbocycles. The molecule has 4 heteroatoms. The quantitative estimate of drug-likeness (QED) is 0.238. The molecular formula is C6H5O4+. The third-order valence-corrected chi connectivity index (χ3v) is 0.509. The molecule has 0 aliphatic rings. The van der Waals surface area contributed by atoms with Crippen LogP contribution in [0.15, 0.2) is 18.7 Å². The minimum Gasteiger partial charge on any atom is -0.242 e. The van der Waals surface area contributed by atoms with Crippen LogP contribution < -0.4 is 0 Å². The molecule has 0 N–H and O–H groups in total. The highest BCUT2D eigenvalue weighted by molar-refractivity contribution is 5.84. The Labute approximate surface area is 57.7 Å². The molecule has 0 rings (SSSR count). The highest BCUT2D eigenvalue weighted by Crippen LogP contribution is 1.83. The summed E-state index contributed by atoms with van der Waals surface area (Å²) in [5.41, 5.74) is 0. The molecule has 0 saturated carbocycles. The number of hydrogen-bond acceptors (Lipinski definition) is 4. The first-order valence-electron chi connectivity index (χ1n) is 2.30. The maximum atomic E-state index is 10.2. The van der Waals surface area contributed by atoms with Gasteiger partial charge in [0.05, 0.1) is 6.58 Å². The van der Waals surface area contributed by atoms with Crippen LogP contribution in [0.2, 0.25) is 0 Å². The Hall–Kier alpha value is -1.67. The van der Waals surface area contributed by atoms with Crippen molar-refractivity contribution in [3.05, 3.63) is 25.3 Å². The Morgan fingerprint density at radius 1 is 1.30 bits per heavy atom. The summed E-state index contributed by atoms with van der Waals surface area (Å²) in [5.74, 6) is -1.79. The summed E-state index contributed by atoms with van der Waals surface area (Å²) in [6, 6.07) is 0. The average molecular weight is 141 g/mol. The van der Waals surface area contributed by atoms with Gasteiger partial charge in [0.15, 0.2) is 0 Å². The maximum absolute atomic E-state index is 10.2. The number of carbonyl (C=O) groups is 2. The fraction of sp³-hybridized carbons (Fsp3) is 0. The first-order chi connectivity index (χ1) is 4.70. The van der Waals surface area contributed by atoms with Crippen molar-refractivity contribution in [3.8, 4) is 0 Å². The molecule has 0 saturated heterocycles. The van der Waals surface area contributed by atoms with Crippen molar-refractivity contribution in [2.75, 3.05) is 0 Å². The molecule has 0 aromatic rings. The number of carbonyl (C=O) groups excluding carboxylic acids is 2. The molecule has 0 aromatic carbocycles. The zero-order valence-corrected chi connectivity index (χ0v) is 5.07. The molecule has 0 atom stereocenters. The number of hydrogen-bond donors (Lipinski definition) is 0. The molecule has 0 radical (unpaired) electrons. The smallest absolute Gasteiger partial charge is 0.242 e. The van der Waals surface area contributed by atoms with Crippen molar-refractivity contribution in [3.63, 3.8) is 0 Å². The predicted octanol–water partition coefficient (Wildman–Crippen LogP) is 0.163. The van der Waals surface area contributed by atoms with E-state index < -0.39 is 11.9 Å². The molecule has 0 amide bonds. The van der Waals surface area contributed by atoms with Crippen LogP contribution in [0, 0.1) is 6.58 Å². The molecule has 52 valence electrons. The van der Waals surface area contributed by atoms with Gasteiger partial charge in [-0.2, -0.15) is 0 Å². The van der Waals surface area contributed by atoms with E-state index in [-0.39, 0.29) is 0 Å². The first kappa shape index (κ1) is 8.33. The summed E-state index contributed by atoms with van der Waals surface area (Å²) in [4.78, 5) is 27.9. The lowest BCUT2D eigenvalue weighted by Crippen LogP contribution is -2.06. The summed E-state index contributed by atoms with van der Waals surface area (Å²) >= 11 is 0. The molecule has 0 bridgehead atoms. The molecule has 4 nitrogen and oxygen atoms in total. The largest absolute Gasteiger partial charge is 0.534 e. The monoisotopic (exact) mass is 141 g/mol. The van der Waals surface area contributed by atoms with Gasteiger partial charge in [0.2, 0.25) is 6.08 Å². The topological polar surface area (TPSA) is 52.6 Å². The molecular weight excluding hydrogens is 136 g/mol. The highest BCUT2D eigenvalue weighted by Gasteiger charge is 2.09. The lowest BCUT2D eigenvalue weighted by molar-refractivity contribution is -0.250. The van der Waals surface area contributed by atoms with Crippen molar-refractivity contribution >= 4 is 11.9 Å². The predicted molar refractivity (Wildman–Crippen MR) is 31.3 cm³/mol. The van der Waals surface area contributed by atoms with Gasteiger partial charge in [-0.1, -0.05) is 6.58 Å².